The zero-order valence-electron chi connectivity index (χ0n) is 22.0. The first-order chi connectivity index (χ1) is 19.4. The monoisotopic (exact) mass is 561 g/mol. The number of pyridine rings is 1. The molecule has 3 heterocycles. The van der Waals surface area contributed by atoms with Gasteiger partial charge in [0.2, 0.25) is 0 Å². The van der Waals surface area contributed by atoms with Crippen molar-refractivity contribution in [3.63, 3.8) is 0 Å². The van der Waals surface area contributed by atoms with E-state index in [2.05, 4.69) is 4.98 Å². The molecule has 206 valence electrons. The first-order valence-electron chi connectivity index (χ1n) is 13.0. The van der Waals surface area contributed by atoms with Crippen LogP contribution in [-0.4, -0.2) is 35.9 Å². The maximum absolute atomic E-state index is 14.6. The average molecular weight is 562 g/mol. The molecule has 8 nitrogen and oxygen atoms in total. The molecule has 1 aromatic carbocycles. The molecule has 1 aliphatic carbocycles. The van der Waals surface area contributed by atoms with Crippen molar-refractivity contribution < 1.29 is 28.2 Å². The molecule has 2 N–H and O–H groups in total. The van der Waals surface area contributed by atoms with Gasteiger partial charge >= 0.3 is 11.9 Å². The van der Waals surface area contributed by atoms with Crippen LogP contribution in [0.1, 0.15) is 42.5 Å². The highest BCUT2D eigenvalue weighted by Gasteiger charge is 2.51. The molecule has 3 atom stereocenters. The molecule has 10 heteroatoms. The normalized spacial score (nSPS) is 20.8. The van der Waals surface area contributed by atoms with Crippen LogP contribution in [0.3, 0.4) is 0 Å². The van der Waals surface area contributed by atoms with Gasteiger partial charge in [-0.3, -0.25) is 19.5 Å². The second kappa shape index (κ2) is 11.4. The largest absolute Gasteiger partial charge is 0.465 e. The minimum atomic E-state index is -1.14. The Kier molecular flexibility index (Phi) is 7.79. The second-order valence-corrected chi connectivity index (χ2v) is 10.3. The summed E-state index contributed by atoms with van der Waals surface area (Å²) in [6.45, 7) is 3.53. The summed E-state index contributed by atoms with van der Waals surface area (Å²) in [4.78, 5) is 48.0. The van der Waals surface area contributed by atoms with Crippen LogP contribution < -0.4 is 10.6 Å². The molecule has 0 unspecified atom stereocenters. The number of anilines is 1. The van der Waals surface area contributed by atoms with E-state index < -0.39 is 41.3 Å². The highest BCUT2D eigenvalue weighted by molar-refractivity contribution is 7.10. The lowest BCUT2D eigenvalue weighted by Gasteiger charge is -2.43. The molecular weight excluding hydrogens is 533 g/mol. The summed E-state index contributed by atoms with van der Waals surface area (Å²) in [5.41, 5.74) is 8.33. The number of allylic oxidation sites excluding steroid dienone is 2. The van der Waals surface area contributed by atoms with Gasteiger partial charge in [-0.1, -0.05) is 18.2 Å². The molecular formula is C30H28FN3O5S. The number of ketones is 1. The molecule has 5 rings (SSSR count). The third-order valence-corrected chi connectivity index (χ3v) is 8.07. The van der Waals surface area contributed by atoms with Crippen LogP contribution in [0.2, 0.25) is 0 Å². The average Bonchev–Trinajstić information content (AvgIpc) is 3.48. The predicted octanol–water partition coefficient (Wildman–Crippen LogP) is 4.81. The number of halogens is 1. The van der Waals surface area contributed by atoms with Crippen LogP contribution in [0.15, 0.2) is 89.0 Å². The highest BCUT2D eigenvalue weighted by atomic mass is 32.1. The summed E-state index contributed by atoms with van der Waals surface area (Å²) in [5, 5.41) is 1.88. The van der Waals surface area contributed by atoms with E-state index >= 15 is 0 Å². The molecule has 0 amide bonds. The third kappa shape index (κ3) is 4.79. The van der Waals surface area contributed by atoms with Gasteiger partial charge in [-0.2, -0.15) is 0 Å². The number of hydrogen-bond acceptors (Lipinski definition) is 9. The Labute approximate surface area is 234 Å². The zero-order chi connectivity index (χ0) is 28.4. The number of esters is 2. The van der Waals surface area contributed by atoms with E-state index in [1.165, 1.54) is 34.4 Å². The highest BCUT2D eigenvalue weighted by Crippen LogP contribution is 2.52. The Bertz CT molecular complexity index is 1500. The van der Waals surface area contributed by atoms with E-state index in [-0.39, 0.29) is 36.6 Å². The van der Waals surface area contributed by atoms with E-state index in [0.29, 0.717) is 16.9 Å². The Balaban J connectivity index is 1.81. The number of ether oxygens (including phenoxy) is 2. The minimum absolute atomic E-state index is 0.0170. The number of Topliss-reactive ketones (excluding diaryl/α,β-unsaturated/α-hetero) is 1. The fraction of sp³-hybridized carbons (Fsp3) is 0.267. The third-order valence-electron chi connectivity index (χ3n) is 7.07. The van der Waals surface area contributed by atoms with Crippen LogP contribution in [0, 0.1) is 11.7 Å². The Hall–Kier alpha value is -4.31. The number of benzene rings is 1. The fourth-order valence-corrected chi connectivity index (χ4v) is 6.36. The molecule has 0 spiro atoms. The number of carbonyl (C=O) groups is 3. The number of nitrogens with zero attached hydrogens (tertiary/aromatic N) is 2. The molecule has 0 radical (unpaired) electrons. The fourth-order valence-electron chi connectivity index (χ4n) is 5.50. The maximum Gasteiger partial charge on any atom is 0.338 e. The number of nitrogens with two attached hydrogens (primary N) is 1. The van der Waals surface area contributed by atoms with Crippen LogP contribution in [0.5, 0.6) is 0 Å². The molecule has 0 saturated carbocycles. The molecule has 1 aliphatic heterocycles. The molecule has 0 bridgehead atoms. The van der Waals surface area contributed by atoms with Gasteiger partial charge in [-0.05, 0) is 61.5 Å². The van der Waals surface area contributed by atoms with Crippen LogP contribution in [-0.2, 0) is 23.9 Å². The van der Waals surface area contributed by atoms with E-state index in [0.717, 1.165) is 4.88 Å². The van der Waals surface area contributed by atoms with Gasteiger partial charge in [0.05, 0.1) is 30.4 Å². The van der Waals surface area contributed by atoms with Crippen molar-refractivity contribution >= 4 is 34.7 Å². The van der Waals surface area contributed by atoms with Gasteiger partial charge in [-0.25, -0.2) is 9.18 Å². The van der Waals surface area contributed by atoms with Crippen molar-refractivity contribution in [2.24, 2.45) is 11.7 Å². The van der Waals surface area contributed by atoms with E-state index in [1.807, 2.05) is 17.5 Å². The van der Waals surface area contributed by atoms with Gasteiger partial charge in [0.1, 0.15) is 17.6 Å². The zero-order valence-corrected chi connectivity index (χ0v) is 22.8. The molecule has 40 heavy (non-hydrogen) atoms. The second-order valence-electron chi connectivity index (χ2n) is 9.33. The van der Waals surface area contributed by atoms with Crippen LogP contribution >= 0.6 is 11.3 Å². The van der Waals surface area contributed by atoms with Crippen molar-refractivity contribution in [1.82, 2.24) is 4.98 Å². The summed E-state index contributed by atoms with van der Waals surface area (Å²) in [7, 11) is 0. The first kappa shape index (κ1) is 27.3. The molecule has 3 aromatic rings. The van der Waals surface area contributed by atoms with Gasteiger partial charge in [-0.15, -0.1) is 11.3 Å². The van der Waals surface area contributed by atoms with E-state index in [1.54, 1.807) is 44.4 Å². The lowest BCUT2D eigenvalue weighted by molar-refractivity contribution is -0.152. The van der Waals surface area contributed by atoms with Crippen LogP contribution in [0.25, 0.3) is 0 Å². The van der Waals surface area contributed by atoms with Gasteiger partial charge in [0, 0.05) is 34.5 Å². The quantitative estimate of drug-likeness (QED) is 0.323. The lowest BCUT2D eigenvalue weighted by atomic mass is 9.68. The number of aromatic nitrogens is 1. The molecule has 0 saturated heterocycles. The molecule has 2 aliphatic rings. The van der Waals surface area contributed by atoms with Crippen molar-refractivity contribution in [2.45, 2.75) is 32.1 Å². The topological polar surface area (TPSA) is 112 Å². The van der Waals surface area contributed by atoms with Gasteiger partial charge < -0.3 is 15.2 Å². The summed E-state index contributed by atoms with van der Waals surface area (Å²) >= 11 is 1.43. The van der Waals surface area contributed by atoms with Crippen molar-refractivity contribution in [1.29, 1.82) is 0 Å². The first-order valence-corrected chi connectivity index (χ1v) is 13.8. The van der Waals surface area contributed by atoms with Gasteiger partial charge in [0.25, 0.3) is 0 Å². The summed E-state index contributed by atoms with van der Waals surface area (Å²) in [5.74, 6) is -4.99. The Morgan fingerprint density at radius 2 is 1.93 bits per heavy atom. The van der Waals surface area contributed by atoms with Crippen molar-refractivity contribution in [3.05, 3.63) is 105 Å². The van der Waals surface area contributed by atoms with Crippen molar-refractivity contribution in [3.8, 4) is 0 Å². The number of thiophene rings is 1. The maximum atomic E-state index is 14.6. The smallest absolute Gasteiger partial charge is 0.338 e. The Morgan fingerprint density at radius 3 is 2.58 bits per heavy atom. The lowest BCUT2D eigenvalue weighted by Crippen LogP contribution is -2.46. The number of hydrogen-bond donors (Lipinski definition) is 1. The summed E-state index contributed by atoms with van der Waals surface area (Å²) in [6, 6.07) is 12.9. The van der Waals surface area contributed by atoms with Crippen molar-refractivity contribution in [2.75, 3.05) is 18.1 Å². The number of carbonyl (C=O) groups excluding carboxylic acids is 3. The Morgan fingerprint density at radius 1 is 1.12 bits per heavy atom. The number of rotatable bonds is 7. The summed E-state index contributed by atoms with van der Waals surface area (Å²) < 4.78 is 25.3. The minimum Gasteiger partial charge on any atom is -0.465 e. The standard InChI is InChI=1S/C30H28FN3O5S/c1-3-38-29(36)24-20(22-11-7-13-40-22)15-21-25(27(24)35)23(17-8-6-12-33-16-17)26(30(37)39-4-2)28(32)34(21)19-10-5-9-18(31)14-19/h5-14,16,20,23-24H,3-4,15,32H2,1-2H3/t20-,23-,24+/m0/s1. The van der Waals surface area contributed by atoms with E-state index in [4.69, 9.17) is 15.2 Å². The predicted molar refractivity (Wildman–Crippen MR) is 148 cm³/mol. The molecule has 2 aromatic heterocycles. The summed E-state index contributed by atoms with van der Waals surface area (Å²) in [6.07, 6.45) is 3.35. The SMILES string of the molecule is CCOC(=O)C1=C(N)N(c2cccc(F)c2)C2=C(C(=O)[C@H](C(=O)OCC)[C@H](c3cccs3)C2)[C@@H]1c1cccnc1. The van der Waals surface area contributed by atoms with E-state index in [9.17, 15) is 18.8 Å². The van der Waals surface area contributed by atoms with Crippen LogP contribution in [0.4, 0.5) is 10.1 Å². The molecule has 0 fully saturated rings. The van der Waals surface area contributed by atoms with Gasteiger partial charge in [0.15, 0.2) is 5.78 Å².